The third-order valence-corrected chi connectivity index (χ3v) is 2.52. The molecule has 0 unspecified atom stereocenters. The number of rotatable bonds is 4. The van der Waals surface area contributed by atoms with E-state index in [-0.39, 0.29) is 25.0 Å². The predicted molar refractivity (Wildman–Crippen MR) is 56.6 cm³/mol. The van der Waals surface area contributed by atoms with Crippen molar-refractivity contribution in [3.63, 3.8) is 0 Å². The van der Waals surface area contributed by atoms with Gasteiger partial charge in [-0.15, -0.1) is 6.42 Å². The maximum Gasteiger partial charge on any atom is 0.305 e. The lowest BCUT2D eigenvalue weighted by atomic mass is 10.1. The highest BCUT2D eigenvalue weighted by Gasteiger charge is 2.22. The van der Waals surface area contributed by atoms with Crippen molar-refractivity contribution in [1.29, 1.82) is 0 Å². The van der Waals surface area contributed by atoms with Gasteiger partial charge in [-0.2, -0.15) is 0 Å². The fourth-order valence-electron chi connectivity index (χ4n) is 1.63. The number of amides is 1. The number of piperidine rings is 1. The predicted octanol–water partition coefficient (Wildman–Crippen LogP) is 0.102. The van der Waals surface area contributed by atoms with Crippen LogP contribution < -0.4 is 0 Å². The molecule has 1 fully saturated rings. The molecule has 16 heavy (non-hydrogen) atoms. The van der Waals surface area contributed by atoms with E-state index in [1.54, 1.807) is 4.90 Å². The van der Waals surface area contributed by atoms with Gasteiger partial charge in [-0.1, -0.05) is 0 Å². The van der Waals surface area contributed by atoms with Gasteiger partial charge in [0.05, 0.1) is 19.1 Å². The highest BCUT2D eigenvalue weighted by atomic mass is 16.5. The second kappa shape index (κ2) is 6.13. The summed E-state index contributed by atoms with van der Waals surface area (Å²) in [5, 5.41) is 8.43. The van der Waals surface area contributed by atoms with Crippen molar-refractivity contribution < 1.29 is 19.4 Å². The van der Waals surface area contributed by atoms with Crippen molar-refractivity contribution in [3.8, 4) is 12.3 Å². The summed E-state index contributed by atoms with van der Waals surface area (Å²) in [6.45, 7) is 1.39. The lowest BCUT2D eigenvalue weighted by molar-refractivity contribution is -0.138. The first kappa shape index (κ1) is 12.5. The van der Waals surface area contributed by atoms with Gasteiger partial charge < -0.3 is 14.7 Å². The van der Waals surface area contributed by atoms with Crippen molar-refractivity contribution in [2.24, 2.45) is 0 Å². The Balaban J connectivity index is 2.20. The molecule has 1 rings (SSSR count). The van der Waals surface area contributed by atoms with Gasteiger partial charge in [0, 0.05) is 13.1 Å². The second-order valence-electron chi connectivity index (χ2n) is 3.65. The number of hydrogen-bond acceptors (Lipinski definition) is 3. The van der Waals surface area contributed by atoms with Crippen molar-refractivity contribution in [2.75, 3.05) is 19.7 Å². The molecule has 0 saturated carbocycles. The molecular formula is C11H15NO4. The highest BCUT2D eigenvalue weighted by molar-refractivity contribution is 5.92. The molecule has 1 heterocycles. The first-order valence-electron chi connectivity index (χ1n) is 5.22. The smallest absolute Gasteiger partial charge is 0.305 e. The molecule has 0 aromatic heterocycles. The Labute approximate surface area is 94.4 Å². The number of terminal acetylenes is 1. The summed E-state index contributed by atoms with van der Waals surface area (Å²) >= 11 is 0. The van der Waals surface area contributed by atoms with E-state index in [4.69, 9.17) is 16.3 Å². The first-order valence-corrected chi connectivity index (χ1v) is 5.22. The minimum Gasteiger partial charge on any atom is -0.481 e. The Bertz CT molecular complexity index is 300. The molecule has 0 atom stereocenters. The SMILES string of the molecule is C#CC(=O)N1CCC(OCCC(=O)O)CC1. The van der Waals surface area contributed by atoms with Crippen LogP contribution in [0.4, 0.5) is 0 Å². The monoisotopic (exact) mass is 225 g/mol. The van der Waals surface area contributed by atoms with E-state index in [2.05, 4.69) is 5.92 Å². The average molecular weight is 225 g/mol. The van der Waals surface area contributed by atoms with E-state index in [0.29, 0.717) is 25.9 Å². The molecule has 1 amide bonds. The number of nitrogens with zero attached hydrogens (tertiary/aromatic N) is 1. The van der Waals surface area contributed by atoms with Gasteiger partial charge in [0.25, 0.3) is 5.91 Å². The fraction of sp³-hybridized carbons (Fsp3) is 0.636. The van der Waals surface area contributed by atoms with Gasteiger partial charge in [-0.25, -0.2) is 0 Å². The normalized spacial score (nSPS) is 16.8. The minimum absolute atomic E-state index is 0.0174. The highest BCUT2D eigenvalue weighted by Crippen LogP contribution is 2.13. The molecule has 1 saturated heterocycles. The van der Waals surface area contributed by atoms with Gasteiger partial charge in [0.15, 0.2) is 0 Å². The number of carbonyl (C=O) groups is 2. The van der Waals surface area contributed by atoms with Crippen LogP contribution in [0, 0.1) is 12.3 Å². The van der Waals surface area contributed by atoms with Gasteiger partial charge in [0.2, 0.25) is 0 Å². The molecule has 0 aromatic rings. The van der Waals surface area contributed by atoms with E-state index >= 15 is 0 Å². The molecule has 0 aromatic carbocycles. The second-order valence-corrected chi connectivity index (χ2v) is 3.65. The molecule has 0 radical (unpaired) electrons. The maximum absolute atomic E-state index is 11.1. The van der Waals surface area contributed by atoms with Crippen LogP contribution in [-0.4, -0.2) is 47.7 Å². The van der Waals surface area contributed by atoms with Crippen molar-refractivity contribution >= 4 is 11.9 Å². The first-order chi connectivity index (χ1) is 7.63. The van der Waals surface area contributed by atoms with Gasteiger partial charge in [-0.05, 0) is 18.8 Å². The number of ether oxygens (including phenoxy) is 1. The molecule has 5 heteroatoms. The molecular weight excluding hydrogens is 210 g/mol. The standard InChI is InChI=1S/C11H15NO4/c1-2-10(13)12-6-3-9(4-7-12)16-8-5-11(14)15/h1,9H,3-8H2,(H,14,15). The van der Waals surface area contributed by atoms with Gasteiger partial charge >= 0.3 is 5.97 Å². The van der Waals surface area contributed by atoms with Crippen LogP contribution in [0.2, 0.25) is 0 Å². The Morgan fingerprint density at radius 1 is 1.44 bits per heavy atom. The molecule has 5 nitrogen and oxygen atoms in total. The van der Waals surface area contributed by atoms with Crippen molar-refractivity contribution in [3.05, 3.63) is 0 Å². The lowest BCUT2D eigenvalue weighted by Crippen LogP contribution is -2.40. The summed E-state index contributed by atoms with van der Waals surface area (Å²) in [5.74, 6) is 0.927. The molecule has 1 N–H and O–H groups in total. The van der Waals surface area contributed by atoms with E-state index in [0.717, 1.165) is 0 Å². The zero-order valence-corrected chi connectivity index (χ0v) is 9.02. The number of hydrogen-bond donors (Lipinski definition) is 1. The van der Waals surface area contributed by atoms with Crippen LogP contribution in [-0.2, 0) is 14.3 Å². The largest absolute Gasteiger partial charge is 0.481 e. The Morgan fingerprint density at radius 2 is 2.06 bits per heavy atom. The Hall–Kier alpha value is -1.54. The lowest BCUT2D eigenvalue weighted by Gasteiger charge is -2.30. The van der Waals surface area contributed by atoms with E-state index < -0.39 is 5.97 Å². The number of likely N-dealkylation sites (tertiary alicyclic amines) is 1. The van der Waals surface area contributed by atoms with E-state index in [1.807, 2.05) is 0 Å². The van der Waals surface area contributed by atoms with E-state index in [9.17, 15) is 9.59 Å². The summed E-state index contributed by atoms with van der Waals surface area (Å²) in [6, 6.07) is 0. The zero-order valence-electron chi connectivity index (χ0n) is 9.02. The summed E-state index contributed by atoms with van der Waals surface area (Å²) in [5.41, 5.74) is 0. The van der Waals surface area contributed by atoms with Gasteiger partial charge in [-0.3, -0.25) is 9.59 Å². The van der Waals surface area contributed by atoms with E-state index in [1.165, 1.54) is 0 Å². The van der Waals surface area contributed by atoms with Crippen LogP contribution in [0.5, 0.6) is 0 Å². The number of carboxylic acids is 1. The Kier molecular flexibility index (Phi) is 4.80. The van der Waals surface area contributed by atoms with Crippen LogP contribution >= 0.6 is 0 Å². The van der Waals surface area contributed by atoms with Crippen LogP contribution in [0.25, 0.3) is 0 Å². The summed E-state index contributed by atoms with van der Waals surface area (Å²) in [6.07, 6.45) is 6.50. The molecule has 1 aliphatic heterocycles. The number of carboxylic acid groups (broad SMARTS) is 1. The topological polar surface area (TPSA) is 66.8 Å². The fourth-order valence-corrected chi connectivity index (χ4v) is 1.63. The Morgan fingerprint density at radius 3 is 2.56 bits per heavy atom. The third-order valence-electron chi connectivity index (χ3n) is 2.52. The zero-order chi connectivity index (χ0) is 12.0. The van der Waals surface area contributed by atoms with Crippen molar-refractivity contribution in [1.82, 2.24) is 4.90 Å². The van der Waals surface area contributed by atoms with Crippen molar-refractivity contribution in [2.45, 2.75) is 25.4 Å². The quantitative estimate of drug-likeness (QED) is 0.689. The van der Waals surface area contributed by atoms with Gasteiger partial charge in [0.1, 0.15) is 0 Å². The summed E-state index contributed by atoms with van der Waals surface area (Å²) < 4.78 is 5.39. The maximum atomic E-state index is 11.1. The molecule has 0 spiro atoms. The molecule has 88 valence electrons. The molecule has 0 bridgehead atoms. The number of carbonyl (C=O) groups excluding carboxylic acids is 1. The molecule has 1 aliphatic rings. The number of aliphatic carboxylic acids is 1. The van der Waals surface area contributed by atoms with Crippen LogP contribution in [0.15, 0.2) is 0 Å². The average Bonchev–Trinajstić information content (AvgIpc) is 2.28. The third kappa shape index (κ3) is 3.91. The summed E-state index contributed by atoms with van der Waals surface area (Å²) in [4.78, 5) is 23.0. The van der Waals surface area contributed by atoms with Crippen LogP contribution in [0.3, 0.4) is 0 Å². The summed E-state index contributed by atoms with van der Waals surface area (Å²) in [7, 11) is 0. The van der Waals surface area contributed by atoms with Crippen LogP contribution in [0.1, 0.15) is 19.3 Å². The molecule has 0 aliphatic carbocycles. The minimum atomic E-state index is -0.861.